The molecule has 5 heteroatoms. The molecular formula is C19H22BrN3O. The molecule has 0 spiro atoms. The van der Waals surface area contributed by atoms with Gasteiger partial charge < -0.3 is 10.2 Å². The van der Waals surface area contributed by atoms with E-state index in [2.05, 4.69) is 58.8 Å². The third kappa shape index (κ3) is 2.93. The van der Waals surface area contributed by atoms with E-state index >= 15 is 0 Å². The number of carbonyl (C=O) groups is 1. The van der Waals surface area contributed by atoms with Gasteiger partial charge in [0, 0.05) is 28.8 Å². The zero-order valence-corrected chi connectivity index (χ0v) is 15.6. The Morgan fingerprint density at radius 1 is 1.42 bits per heavy atom. The van der Waals surface area contributed by atoms with Crippen molar-refractivity contribution in [3.8, 4) is 0 Å². The highest BCUT2D eigenvalue weighted by atomic mass is 79.9. The van der Waals surface area contributed by atoms with E-state index in [1.54, 1.807) is 6.08 Å². The molecule has 0 aromatic heterocycles. The maximum atomic E-state index is 13.0. The Labute approximate surface area is 151 Å². The molecular weight excluding hydrogens is 366 g/mol. The molecule has 1 aromatic rings. The number of hydrogen-bond acceptors (Lipinski definition) is 3. The standard InChI is InChI=1S/C19H22BrN3O/c1-4-11-23-18(13-5-7-14(20)8-6-13)15-16(12(2)3)21-9-10-22-17(15)19(23)24/h4-8,12,18,21H,1,9-11H2,2-3H3. The van der Waals surface area contributed by atoms with Gasteiger partial charge in [-0.25, -0.2) is 0 Å². The van der Waals surface area contributed by atoms with E-state index < -0.39 is 0 Å². The van der Waals surface area contributed by atoms with Crippen LogP contribution >= 0.6 is 15.9 Å². The molecule has 1 aromatic carbocycles. The van der Waals surface area contributed by atoms with Crippen LogP contribution in [0.1, 0.15) is 25.5 Å². The van der Waals surface area contributed by atoms with E-state index in [4.69, 9.17) is 0 Å². The van der Waals surface area contributed by atoms with Crippen LogP contribution < -0.4 is 5.32 Å². The molecule has 4 nitrogen and oxygen atoms in total. The summed E-state index contributed by atoms with van der Waals surface area (Å²) in [6, 6.07) is 8.04. The minimum absolute atomic E-state index is 0.000307. The van der Waals surface area contributed by atoms with Crippen LogP contribution in [0.4, 0.5) is 0 Å². The van der Waals surface area contributed by atoms with Gasteiger partial charge in [0.25, 0.3) is 5.91 Å². The number of rotatable bonds is 4. The van der Waals surface area contributed by atoms with E-state index in [1.807, 2.05) is 17.0 Å². The second-order valence-corrected chi connectivity index (χ2v) is 7.26. The molecule has 1 amide bonds. The van der Waals surface area contributed by atoms with Crippen molar-refractivity contribution in [2.75, 3.05) is 19.6 Å². The quantitative estimate of drug-likeness (QED) is 0.803. The van der Waals surface area contributed by atoms with Crippen LogP contribution in [-0.2, 0) is 4.79 Å². The summed E-state index contributed by atoms with van der Waals surface area (Å²) in [4.78, 5) is 19.4. The molecule has 3 rings (SSSR count). The van der Waals surface area contributed by atoms with Crippen molar-refractivity contribution in [1.29, 1.82) is 0 Å². The van der Waals surface area contributed by atoms with E-state index in [9.17, 15) is 4.79 Å². The predicted octanol–water partition coefficient (Wildman–Crippen LogP) is 3.47. The third-order valence-electron chi connectivity index (χ3n) is 4.38. The summed E-state index contributed by atoms with van der Waals surface area (Å²) in [6.45, 7) is 10.0. The van der Waals surface area contributed by atoms with E-state index in [0.717, 1.165) is 27.9 Å². The molecule has 1 N–H and O–H groups in total. The molecule has 0 aliphatic carbocycles. The Hall–Kier alpha value is -1.88. The number of nitrogens with zero attached hydrogens (tertiary/aromatic N) is 2. The van der Waals surface area contributed by atoms with Gasteiger partial charge in [-0.1, -0.05) is 48.0 Å². The van der Waals surface area contributed by atoms with Crippen molar-refractivity contribution in [2.24, 2.45) is 10.9 Å². The van der Waals surface area contributed by atoms with E-state index in [0.29, 0.717) is 24.7 Å². The lowest BCUT2D eigenvalue weighted by atomic mass is 9.93. The lowest BCUT2D eigenvalue weighted by Gasteiger charge is -2.26. The van der Waals surface area contributed by atoms with Gasteiger partial charge in [0.15, 0.2) is 0 Å². The van der Waals surface area contributed by atoms with Crippen LogP contribution in [0.25, 0.3) is 0 Å². The number of allylic oxidation sites excluding steroid dienone is 1. The van der Waals surface area contributed by atoms with Gasteiger partial charge in [-0.3, -0.25) is 9.79 Å². The first-order valence-corrected chi connectivity index (χ1v) is 9.04. The summed E-state index contributed by atoms with van der Waals surface area (Å²) in [6.07, 6.45) is 1.78. The van der Waals surface area contributed by atoms with Gasteiger partial charge in [0.05, 0.1) is 12.6 Å². The first-order chi connectivity index (χ1) is 11.5. The molecule has 2 heterocycles. The second kappa shape index (κ2) is 6.93. The van der Waals surface area contributed by atoms with E-state index in [-0.39, 0.29) is 11.9 Å². The summed E-state index contributed by atoms with van der Waals surface area (Å²) in [7, 11) is 0. The predicted molar refractivity (Wildman–Crippen MR) is 101 cm³/mol. The van der Waals surface area contributed by atoms with Gasteiger partial charge >= 0.3 is 0 Å². The number of fused-ring (bicyclic) bond motifs is 1. The first-order valence-electron chi connectivity index (χ1n) is 8.24. The number of benzene rings is 1. The van der Waals surface area contributed by atoms with Crippen LogP contribution in [0.2, 0.25) is 0 Å². The molecule has 24 heavy (non-hydrogen) atoms. The van der Waals surface area contributed by atoms with Crippen molar-refractivity contribution >= 4 is 27.5 Å². The van der Waals surface area contributed by atoms with E-state index in [1.165, 1.54) is 0 Å². The molecule has 2 aliphatic heterocycles. The SMILES string of the molecule is C=CCN1C(=O)C2=NCCNC(C(C)C)=C2C1c1ccc(Br)cc1. The fraction of sp³-hybridized carbons (Fsp3) is 0.368. The van der Waals surface area contributed by atoms with Gasteiger partial charge in [-0.2, -0.15) is 0 Å². The smallest absolute Gasteiger partial charge is 0.273 e. The van der Waals surface area contributed by atoms with Gasteiger partial charge in [-0.05, 0) is 23.6 Å². The van der Waals surface area contributed by atoms with Gasteiger partial charge in [0.2, 0.25) is 0 Å². The topological polar surface area (TPSA) is 44.7 Å². The molecule has 0 bridgehead atoms. The number of halogens is 1. The number of hydrogen-bond donors (Lipinski definition) is 1. The maximum Gasteiger partial charge on any atom is 0.273 e. The van der Waals surface area contributed by atoms with Crippen molar-refractivity contribution in [3.05, 3.63) is 58.2 Å². The van der Waals surface area contributed by atoms with Crippen LogP contribution in [0, 0.1) is 5.92 Å². The fourth-order valence-electron chi connectivity index (χ4n) is 3.37. The highest BCUT2D eigenvalue weighted by Gasteiger charge is 2.43. The Morgan fingerprint density at radius 2 is 2.12 bits per heavy atom. The van der Waals surface area contributed by atoms with Gasteiger partial charge in [-0.15, -0.1) is 6.58 Å². The van der Waals surface area contributed by atoms with Crippen molar-refractivity contribution in [2.45, 2.75) is 19.9 Å². The number of likely N-dealkylation sites (tertiary alicyclic amines) is 1. The first kappa shape index (κ1) is 17.0. The highest BCUT2D eigenvalue weighted by molar-refractivity contribution is 9.10. The number of amides is 1. The summed E-state index contributed by atoms with van der Waals surface area (Å²) >= 11 is 3.48. The number of nitrogens with one attached hydrogen (secondary N) is 1. The molecule has 0 radical (unpaired) electrons. The summed E-state index contributed by atoms with van der Waals surface area (Å²) < 4.78 is 1.02. The average molecular weight is 388 g/mol. The Balaban J connectivity index is 2.20. The van der Waals surface area contributed by atoms with Crippen molar-refractivity contribution in [1.82, 2.24) is 10.2 Å². The monoisotopic (exact) mass is 387 g/mol. The lowest BCUT2D eigenvalue weighted by molar-refractivity contribution is -0.123. The maximum absolute atomic E-state index is 13.0. The van der Waals surface area contributed by atoms with Crippen LogP contribution in [0.3, 0.4) is 0 Å². The molecule has 0 saturated carbocycles. The zero-order chi connectivity index (χ0) is 17.3. The normalized spacial score (nSPS) is 20.7. The third-order valence-corrected chi connectivity index (χ3v) is 4.91. The van der Waals surface area contributed by atoms with Crippen molar-refractivity contribution < 1.29 is 4.79 Å². The minimum atomic E-state index is -0.120. The van der Waals surface area contributed by atoms with Crippen LogP contribution in [0.5, 0.6) is 0 Å². The summed E-state index contributed by atoms with van der Waals surface area (Å²) in [5.41, 5.74) is 3.85. The highest BCUT2D eigenvalue weighted by Crippen LogP contribution is 2.39. The zero-order valence-electron chi connectivity index (χ0n) is 14.1. The molecule has 126 valence electrons. The molecule has 1 unspecified atom stereocenters. The number of aliphatic imine (C=N–C) groups is 1. The molecule has 1 atom stereocenters. The Morgan fingerprint density at radius 3 is 2.75 bits per heavy atom. The fourth-order valence-corrected chi connectivity index (χ4v) is 3.63. The van der Waals surface area contributed by atoms with Crippen LogP contribution in [0.15, 0.2) is 57.7 Å². The second-order valence-electron chi connectivity index (χ2n) is 6.34. The largest absolute Gasteiger partial charge is 0.386 e. The Bertz CT molecular complexity index is 719. The minimum Gasteiger partial charge on any atom is -0.386 e. The molecule has 1 saturated heterocycles. The summed E-state index contributed by atoms with van der Waals surface area (Å²) in [5.74, 6) is 0.303. The Kier molecular flexibility index (Phi) is 4.90. The average Bonchev–Trinajstić information content (AvgIpc) is 2.72. The van der Waals surface area contributed by atoms with Gasteiger partial charge in [0.1, 0.15) is 5.71 Å². The van der Waals surface area contributed by atoms with Crippen LogP contribution in [-0.4, -0.2) is 36.2 Å². The summed E-state index contributed by atoms with van der Waals surface area (Å²) in [5, 5.41) is 3.50. The van der Waals surface area contributed by atoms with Crippen molar-refractivity contribution in [3.63, 3.8) is 0 Å². The lowest BCUT2D eigenvalue weighted by Crippen LogP contribution is -2.30. The molecule has 1 fully saturated rings. The molecule has 2 aliphatic rings. The number of carbonyl (C=O) groups excluding carboxylic acids is 1.